The lowest BCUT2D eigenvalue weighted by Gasteiger charge is -2.36. The van der Waals surface area contributed by atoms with Crippen molar-refractivity contribution in [2.45, 2.75) is 32.5 Å². The number of primary amides is 1. The number of nitrogens with zero attached hydrogens (tertiary/aromatic N) is 2. The minimum Gasteiger partial charge on any atom is -0.366 e. The van der Waals surface area contributed by atoms with Gasteiger partial charge in [0, 0.05) is 41.8 Å². The Kier molecular flexibility index (Phi) is 3.63. The van der Waals surface area contributed by atoms with E-state index >= 15 is 0 Å². The molecule has 3 rings (SSSR count). The van der Waals surface area contributed by atoms with E-state index in [2.05, 4.69) is 34.7 Å². The van der Waals surface area contributed by atoms with Crippen LogP contribution in [-0.4, -0.2) is 21.9 Å². The summed E-state index contributed by atoms with van der Waals surface area (Å²) in [5.41, 5.74) is 7.33. The highest BCUT2D eigenvalue weighted by atomic mass is 32.1. The van der Waals surface area contributed by atoms with Gasteiger partial charge >= 0.3 is 0 Å². The fraction of sp³-hybridized carbons (Fsp3) is 0.400. The number of hydrogen-bond donors (Lipinski definition) is 1. The van der Waals surface area contributed by atoms with E-state index in [0.717, 1.165) is 26.1 Å². The van der Waals surface area contributed by atoms with Crippen LogP contribution in [0.2, 0.25) is 0 Å². The Bertz CT molecular complexity index is 616. The van der Waals surface area contributed by atoms with Gasteiger partial charge in [-0.05, 0) is 24.6 Å². The van der Waals surface area contributed by atoms with E-state index in [-0.39, 0.29) is 5.91 Å². The predicted molar refractivity (Wildman–Crippen MR) is 80.7 cm³/mol. The number of thiophene rings is 1. The Morgan fingerprint density at radius 1 is 1.50 bits per heavy atom. The van der Waals surface area contributed by atoms with Crippen LogP contribution in [0, 0.1) is 0 Å². The molecule has 1 aliphatic heterocycles. The Morgan fingerprint density at radius 3 is 3.05 bits per heavy atom. The van der Waals surface area contributed by atoms with Crippen molar-refractivity contribution in [3.63, 3.8) is 0 Å². The maximum absolute atomic E-state index is 11.2. The molecule has 2 aromatic heterocycles. The first-order valence-electron chi connectivity index (χ1n) is 6.95. The van der Waals surface area contributed by atoms with Crippen molar-refractivity contribution in [2.75, 3.05) is 6.54 Å². The number of carbonyl (C=O) groups is 1. The average Bonchev–Trinajstić information content (AvgIpc) is 3.06. The summed E-state index contributed by atoms with van der Waals surface area (Å²) in [6, 6.07) is 6.72. The van der Waals surface area contributed by atoms with Crippen LogP contribution in [-0.2, 0) is 13.1 Å². The fourth-order valence-electron chi connectivity index (χ4n) is 2.96. The van der Waals surface area contributed by atoms with E-state index in [1.165, 1.54) is 10.6 Å². The normalized spacial score (nSPS) is 18.9. The van der Waals surface area contributed by atoms with Gasteiger partial charge in [0.2, 0.25) is 5.91 Å². The van der Waals surface area contributed by atoms with E-state index in [9.17, 15) is 4.79 Å². The lowest BCUT2D eigenvalue weighted by atomic mass is 10.1. The maximum atomic E-state index is 11.2. The van der Waals surface area contributed by atoms with Crippen molar-refractivity contribution in [3.05, 3.63) is 45.9 Å². The summed E-state index contributed by atoms with van der Waals surface area (Å²) >= 11 is 1.62. The molecule has 1 aliphatic rings. The SMILES string of the molecule is CC[C@@H]1c2cccn2CCN1Cc1cc(C(N)=O)cs1. The highest BCUT2D eigenvalue weighted by Crippen LogP contribution is 2.31. The number of fused-ring (bicyclic) bond motifs is 1. The van der Waals surface area contributed by atoms with Crippen LogP contribution in [0.4, 0.5) is 0 Å². The average molecular weight is 289 g/mol. The zero-order valence-electron chi connectivity index (χ0n) is 11.6. The predicted octanol–water partition coefficient (Wildman–Crippen LogP) is 2.62. The molecule has 0 bridgehead atoms. The molecule has 4 nitrogen and oxygen atoms in total. The van der Waals surface area contributed by atoms with Gasteiger partial charge in [0.1, 0.15) is 0 Å². The molecule has 106 valence electrons. The molecule has 0 aromatic carbocycles. The van der Waals surface area contributed by atoms with Crippen LogP contribution >= 0.6 is 11.3 Å². The number of rotatable bonds is 4. The van der Waals surface area contributed by atoms with Gasteiger partial charge < -0.3 is 10.3 Å². The maximum Gasteiger partial charge on any atom is 0.249 e. The van der Waals surface area contributed by atoms with Gasteiger partial charge in [-0.2, -0.15) is 0 Å². The molecule has 2 N–H and O–H groups in total. The Balaban J connectivity index is 1.78. The van der Waals surface area contributed by atoms with Gasteiger partial charge in [-0.3, -0.25) is 9.69 Å². The molecule has 2 aromatic rings. The molecule has 0 fully saturated rings. The minimum absolute atomic E-state index is 0.341. The molecule has 0 aliphatic carbocycles. The van der Waals surface area contributed by atoms with Gasteiger partial charge in [0.15, 0.2) is 0 Å². The molecule has 1 amide bonds. The zero-order valence-corrected chi connectivity index (χ0v) is 12.4. The van der Waals surface area contributed by atoms with Gasteiger partial charge in [-0.15, -0.1) is 11.3 Å². The van der Waals surface area contributed by atoms with Crippen LogP contribution < -0.4 is 5.73 Å². The van der Waals surface area contributed by atoms with Crippen LogP contribution in [0.15, 0.2) is 29.8 Å². The number of carbonyl (C=O) groups excluding carboxylic acids is 1. The molecular formula is C15H19N3OS. The van der Waals surface area contributed by atoms with Crippen LogP contribution in [0.1, 0.15) is 40.3 Å². The highest BCUT2D eigenvalue weighted by molar-refractivity contribution is 7.10. The molecule has 0 saturated carbocycles. The summed E-state index contributed by atoms with van der Waals surface area (Å²) in [5.74, 6) is -0.341. The molecule has 1 atom stereocenters. The van der Waals surface area contributed by atoms with Crippen molar-refractivity contribution < 1.29 is 4.79 Å². The van der Waals surface area contributed by atoms with Gasteiger partial charge in [-0.25, -0.2) is 0 Å². The molecular weight excluding hydrogens is 270 g/mol. The van der Waals surface area contributed by atoms with E-state index in [0.29, 0.717) is 11.6 Å². The van der Waals surface area contributed by atoms with E-state index < -0.39 is 0 Å². The topological polar surface area (TPSA) is 51.3 Å². The largest absolute Gasteiger partial charge is 0.366 e. The number of nitrogens with two attached hydrogens (primary N) is 1. The quantitative estimate of drug-likeness (QED) is 0.940. The summed E-state index contributed by atoms with van der Waals surface area (Å²) in [4.78, 5) is 14.9. The van der Waals surface area contributed by atoms with E-state index in [4.69, 9.17) is 5.73 Å². The zero-order chi connectivity index (χ0) is 14.1. The van der Waals surface area contributed by atoms with Crippen molar-refractivity contribution in [1.29, 1.82) is 0 Å². The first kappa shape index (κ1) is 13.4. The van der Waals surface area contributed by atoms with Crippen molar-refractivity contribution in [1.82, 2.24) is 9.47 Å². The summed E-state index contributed by atoms with van der Waals surface area (Å²) in [5, 5.41) is 1.85. The third-order valence-electron chi connectivity index (χ3n) is 3.96. The lowest BCUT2D eigenvalue weighted by Crippen LogP contribution is -2.36. The van der Waals surface area contributed by atoms with Crippen molar-refractivity contribution in [2.24, 2.45) is 5.73 Å². The van der Waals surface area contributed by atoms with Crippen molar-refractivity contribution in [3.8, 4) is 0 Å². The summed E-state index contributed by atoms with van der Waals surface area (Å²) < 4.78 is 2.34. The first-order valence-corrected chi connectivity index (χ1v) is 7.83. The third-order valence-corrected chi connectivity index (χ3v) is 4.88. The summed E-state index contributed by atoms with van der Waals surface area (Å²) in [7, 11) is 0. The standard InChI is InChI=1S/C15H19N3OS/c1-2-13-14-4-3-5-17(14)6-7-18(13)9-12-8-11(10-20-12)15(16)19/h3-5,8,10,13H,2,6-7,9H2,1H3,(H2,16,19)/t13-/m1/s1. The Hall–Kier alpha value is -1.59. The van der Waals surface area contributed by atoms with Crippen LogP contribution in [0.5, 0.6) is 0 Å². The molecule has 3 heterocycles. The van der Waals surface area contributed by atoms with E-state index in [1.54, 1.807) is 11.3 Å². The second-order valence-electron chi connectivity index (χ2n) is 5.19. The van der Waals surface area contributed by atoms with E-state index in [1.807, 2.05) is 11.4 Å². The molecule has 0 saturated heterocycles. The minimum atomic E-state index is -0.341. The van der Waals surface area contributed by atoms with Crippen molar-refractivity contribution >= 4 is 17.2 Å². The first-order chi connectivity index (χ1) is 9.69. The third kappa shape index (κ3) is 2.39. The van der Waals surface area contributed by atoms with Crippen LogP contribution in [0.3, 0.4) is 0 Å². The number of amides is 1. The molecule has 5 heteroatoms. The molecule has 0 radical (unpaired) electrons. The second-order valence-corrected chi connectivity index (χ2v) is 6.18. The summed E-state index contributed by atoms with van der Waals surface area (Å²) in [6.07, 6.45) is 3.25. The second kappa shape index (κ2) is 5.42. The van der Waals surface area contributed by atoms with Gasteiger partial charge in [0.25, 0.3) is 0 Å². The number of aromatic nitrogens is 1. The molecule has 20 heavy (non-hydrogen) atoms. The number of hydrogen-bond acceptors (Lipinski definition) is 3. The summed E-state index contributed by atoms with van der Waals surface area (Å²) in [6.45, 7) is 5.20. The monoisotopic (exact) mass is 289 g/mol. The van der Waals surface area contributed by atoms with Gasteiger partial charge in [0.05, 0.1) is 11.6 Å². The molecule has 0 unspecified atom stereocenters. The fourth-order valence-corrected chi connectivity index (χ4v) is 3.86. The van der Waals surface area contributed by atoms with Crippen LogP contribution in [0.25, 0.3) is 0 Å². The highest BCUT2D eigenvalue weighted by Gasteiger charge is 2.26. The lowest BCUT2D eigenvalue weighted by molar-refractivity contribution is 0.100. The smallest absolute Gasteiger partial charge is 0.249 e. The Morgan fingerprint density at radius 2 is 2.35 bits per heavy atom. The molecule has 0 spiro atoms. The van der Waals surface area contributed by atoms with Gasteiger partial charge in [-0.1, -0.05) is 6.92 Å². The Labute approximate surface area is 122 Å².